The van der Waals surface area contributed by atoms with Crippen LogP contribution in [0.2, 0.25) is 0 Å². The van der Waals surface area contributed by atoms with Gasteiger partial charge in [-0.2, -0.15) is 5.26 Å². The molecule has 0 aliphatic carbocycles. The maximum atomic E-state index is 9.17. The van der Waals surface area contributed by atoms with Crippen LogP contribution in [0, 0.1) is 11.5 Å². The molecule has 2 unspecified atom stereocenters. The van der Waals surface area contributed by atoms with Crippen LogP contribution in [0.4, 0.5) is 5.69 Å². The van der Waals surface area contributed by atoms with E-state index in [-0.39, 0.29) is 12.0 Å². The summed E-state index contributed by atoms with van der Waals surface area (Å²) in [6.45, 7) is 3.98. The third kappa shape index (κ3) is 8.73. The number of ether oxygens (including phenoxy) is 1. The van der Waals surface area contributed by atoms with Crippen molar-refractivity contribution < 1.29 is 19.7 Å². The number of nitrogens with two attached hydrogens (primary N) is 1. The van der Waals surface area contributed by atoms with Crippen LogP contribution in [0.5, 0.6) is 0 Å². The Labute approximate surface area is 175 Å². The van der Waals surface area contributed by atoms with Crippen molar-refractivity contribution in [3.8, 4) is 6.19 Å². The van der Waals surface area contributed by atoms with Gasteiger partial charge in [-0.1, -0.05) is 12.1 Å². The minimum atomic E-state index is -0.678. The molecule has 1 aromatic carbocycles. The molecule has 6 N–H and O–H groups in total. The molecular formula is C19H29N7O4. The highest BCUT2D eigenvalue weighted by Crippen LogP contribution is 2.13. The molecule has 164 valence electrons. The third-order valence-corrected chi connectivity index (χ3v) is 4.36. The molecule has 1 aliphatic heterocycles. The van der Waals surface area contributed by atoms with Gasteiger partial charge in [-0.05, 0) is 37.5 Å². The molecule has 1 aliphatic rings. The van der Waals surface area contributed by atoms with Gasteiger partial charge >= 0.3 is 0 Å². The largest absolute Gasteiger partial charge is 0.369 e. The molecule has 0 radical (unpaired) electrons. The van der Waals surface area contributed by atoms with Crippen molar-refractivity contribution in [2.75, 3.05) is 32.0 Å². The first kappa shape index (κ1) is 23.5. The lowest BCUT2D eigenvalue weighted by atomic mass is 10.1. The monoisotopic (exact) mass is 419 g/mol. The quantitative estimate of drug-likeness (QED) is 0.0632. The molecule has 0 aromatic heterocycles. The summed E-state index contributed by atoms with van der Waals surface area (Å²) in [7, 11) is 0. The number of unbranched alkanes of at least 4 members (excludes halogenated alkanes) is 1. The van der Waals surface area contributed by atoms with Crippen molar-refractivity contribution in [2.45, 2.75) is 38.5 Å². The minimum absolute atomic E-state index is 0.0461. The first-order valence-corrected chi connectivity index (χ1v) is 9.69. The second-order valence-corrected chi connectivity index (χ2v) is 6.66. The highest BCUT2D eigenvalue weighted by atomic mass is 17.1. The van der Waals surface area contributed by atoms with Gasteiger partial charge in [0.25, 0.3) is 0 Å². The summed E-state index contributed by atoms with van der Waals surface area (Å²) < 4.78 is 5.26. The Balaban J connectivity index is 1.68. The number of hydrogen-bond acceptors (Lipinski definition) is 9. The number of rotatable bonds is 12. The van der Waals surface area contributed by atoms with Crippen LogP contribution in [-0.2, 0) is 20.9 Å². The molecule has 1 heterocycles. The fourth-order valence-electron chi connectivity index (χ4n) is 2.71. The van der Waals surface area contributed by atoms with Crippen molar-refractivity contribution in [3.05, 3.63) is 29.8 Å². The summed E-state index contributed by atoms with van der Waals surface area (Å²) in [6, 6.07) is 7.64. The van der Waals surface area contributed by atoms with E-state index in [1.807, 2.05) is 31.2 Å². The van der Waals surface area contributed by atoms with E-state index in [0.717, 1.165) is 29.8 Å². The average Bonchev–Trinajstić information content (AvgIpc) is 3.29. The number of benzene rings is 1. The lowest BCUT2D eigenvalue weighted by Gasteiger charge is -2.14. The van der Waals surface area contributed by atoms with Gasteiger partial charge in [-0.15, -0.1) is 0 Å². The maximum absolute atomic E-state index is 9.17. The molecule has 1 aromatic rings. The Hall–Kier alpha value is -2.75. The van der Waals surface area contributed by atoms with Crippen molar-refractivity contribution in [2.24, 2.45) is 15.7 Å². The van der Waals surface area contributed by atoms with E-state index in [9.17, 15) is 5.26 Å². The summed E-state index contributed by atoms with van der Waals surface area (Å²) in [4.78, 5) is 18.4. The summed E-state index contributed by atoms with van der Waals surface area (Å²) in [5, 5.41) is 23.0. The van der Waals surface area contributed by atoms with Crippen LogP contribution in [0.15, 0.2) is 34.3 Å². The fourth-order valence-corrected chi connectivity index (χ4v) is 2.71. The second kappa shape index (κ2) is 13.5. The molecule has 0 spiro atoms. The lowest BCUT2D eigenvalue weighted by Crippen LogP contribution is -2.32. The van der Waals surface area contributed by atoms with E-state index in [4.69, 9.17) is 20.6 Å². The zero-order chi connectivity index (χ0) is 21.6. The van der Waals surface area contributed by atoms with Gasteiger partial charge in [0.2, 0.25) is 5.96 Å². The molecule has 2 rings (SSSR count). The molecule has 0 amide bonds. The van der Waals surface area contributed by atoms with Gasteiger partial charge in [0.15, 0.2) is 12.4 Å². The Morgan fingerprint density at radius 1 is 1.43 bits per heavy atom. The van der Waals surface area contributed by atoms with Gasteiger partial charge in [0.1, 0.15) is 0 Å². The van der Waals surface area contributed by atoms with Crippen molar-refractivity contribution in [1.82, 2.24) is 10.6 Å². The predicted octanol–water partition coefficient (Wildman–Crippen LogP) is 0.961. The SMILES string of the molecule is CC(=NC(Cc1ccc(NOCCCCN=C(N)NC#N)cc1)OO)C1COCN1. The first-order valence-electron chi connectivity index (χ1n) is 9.69. The van der Waals surface area contributed by atoms with E-state index in [1.165, 1.54) is 0 Å². The van der Waals surface area contributed by atoms with Crippen LogP contribution >= 0.6 is 0 Å². The number of hydrogen-bond donors (Lipinski definition) is 5. The van der Waals surface area contributed by atoms with E-state index < -0.39 is 6.23 Å². The summed E-state index contributed by atoms with van der Waals surface area (Å²) in [6.07, 6.45) is 3.05. The van der Waals surface area contributed by atoms with Crippen LogP contribution in [0.3, 0.4) is 0 Å². The van der Waals surface area contributed by atoms with Crippen LogP contribution in [0.25, 0.3) is 0 Å². The van der Waals surface area contributed by atoms with Gasteiger partial charge in [-0.25, -0.2) is 10.1 Å². The van der Waals surface area contributed by atoms with Gasteiger partial charge < -0.3 is 10.5 Å². The highest BCUT2D eigenvalue weighted by molar-refractivity contribution is 5.87. The molecule has 11 heteroatoms. The number of nitrogens with zero attached hydrogens (tertiary/aromatic N) is 3. The second-order valence-electron chi connectivity index (χ2n) is 6.66. The topological polar surface area (TPSA) is 159 Å². The Morgan fingerprint density at radius 2 is 2.23 bits per heavy atom. The van der Waals surface area contributed by atoms with E-state index >= 15 is 0 Å². The lowest BCUT2D eigenvalue weighted by molar-refractivity contribution is -0.275. The molecule has 1 saturated heterocycles. The van der Waals surface area contributed by atoms with Gasteiger partial charge in [-0.3, -0.25) is 30.9 Å². The fraction of sp³-hybridized carbons (Fsp3) is 0.526. The molecular weight excluding hydrogens is 390 g/mol. The standard InChI is InChI=1S/C19H29N7O4/c1-14(17-11-28-13-24-17)25-18(30-27)10-15-4-6-16(7-5-15)26-29-9-3-2-8-22-19(21)23-12-20/h4-7,17-18,24,26-27H,2-3,8-11,13H2,1H3,(H3,21,22,23). The van der Waals surface area contributed by atoms with Crippen LogP contribution < -0.4 is 21.8 Å². The molecule has 0 saturated carbocycles. The highest BCUT2D eigenvalue weighted by Gasteiger charge is 2.19. The summed E-state index contributed by atoms with van der Waals surface area (Å²) >= 11 is 0. The number of nitrogens with one attached hydrogen (secondary N) is 3. The van der Waals surface area contributed by atoms with Crippen molar-refractivity contribution >= 4 is 17.4 Å². The average molecular weight is 419 g/mol. The molecule has 30 heavy (non-hydrogen) atoms. The normalized spacial score (nSPS) is 18.1. The third-order valence-electron chi connectivity index (χ3n) is 4.36. The molecule has 11 nitrogen and oxygen atoms in total. The van der Waals surface area contributed by atoms with Gasteiger partial charge in [0, 0.05) is 18.7 Å². The maximum Gasteiger partial charge on any atom is 0.202 e. The zero-order valence-corrected chi connectivity index (χ0v) is 17.0. The molecule has 0 bridgehead atoms. The van der Waals surface area contributed by atoms with E-state index in [0.29, 0.717) is 32.9 Å². The molecule has 1 fully saturated rings. The Kier molecular flexibility index (Phi) is 10.6. The van der Waals surface area contributed by atoms with E-state index in [2.05, 4.69) is 31.0 Å². The number of aliphatic imine (C=N–C) groups is 2. The summed E-state index contributed by atoms with van der Waals surface area (Å²) in [5.41, 5.74) is 10.9. The molecule has 2 atom stereocenters. The smallest absolute Gasteiger partial charge is 0.202 e. The number of guanidine groups is 1. The Morgan fingerprint density at radius 3 is 2.90 bits per heavy atom. The van der Waals surface area contributed by atoms with Gasteiger partial charge in [0.05, 0.1) is 31.7 Å². The van der Waals surface area contributed by atoms with Crippen molar-refractivity contribution in [3.63, 3.8) is 0 Å². The Bertz CT molecular complexity index is 727. The first-order chi connectivity index (χ1) is 14.6. The van der Waals surface area contributed by atoms with Crippen LogP contribution in [-0.4, -0.2) is 55.7 Å². The van der Waals surface area contributed by atoms with Crippen LogP contribution in [0.1, 0.15) is 25.3 Å². The van der Waals surface area contributed by atoms with Crippen molar-refractivity contribution in [1.29, 1.82) is 5.26 Å². The minimum Gasteiger partial charge on any atom is -0.369 e. The number of nitriles is 1. The van der Waals surface area contributed by atoms with E-state index in [1.54, 1.807) is 6.19 Å². The zero-order valence-electron chi connectivity index (χ0n) is 17.0. The summed E-state index contributed by atoms with van der Waals surface area (Å²) in [5.74, 6) is 0.121. The predicted molar refractivity (Wildman–Crippen MR) is 113 cm³/mol. The number of anilines is 1.